The Balaban J connectivity index is 3.79. The van der Waals surface area contributed by atoms with Gasteiger partial charge in [0, 0.05) is 6.54 Å². The molecule has 1 unspecified atom stereocenters. The standard InChI is InChI=1S/C14H24BrNO2/c1-4-18-14(17)10-9-13(15)12(2)8-6-5-7-11-16-3/h9,12H,3-8,10-11H2,1-2H3/b13-9+. The van der Waals surface area contributed by atoms with Gasteiger partial charge in [-0.15, -0.1) is 0 Å². The summed E-state index contributed by atoms with van der Waals surface area (Å²) in [5.41, 5.74) is 0. The first-order valence-electron chi connectivity index (χ1n) is 6.55. The number of allylic oxidation sites excluding steroid dienone is 1. The fraction of sp³-hybridized carbons (Fsp3) is 0.714. The molecule has 0 N–H and O–H groups in total. The summed E-state index contributed by atoms with van der Waals surface area (Å²) < 4.78 is 5.97. The van der Waals surface area contributed by atoms with E-state index in [0.717, 1.165) is 23.9 Å². The van der Waals surface area contributed by atoms with Crippen molar-refractivity contribution >= 4 is 28.6 Å². The molecule has 0 fully saturated rings. The molecule has 0 saturated heterocycles. The monoisotopic (exact) mass is 317 g/mol. The zero-order valence-corrected chi connectivity index (χ0v) is 13.0. The summed E-state index contributed by atoms with van der Waals surface area (Å²) in [6.07, 6.45) is 6.85. The largest absolute Gasteiger partial charge is 0.466 e. The SMILES string of the molecule is C=NCCCCCC(C)/C(Br)=C\CC(=O)OCC. The number of unbranched alkanes of at least 4 members (excludes halogenated alkanes) is 2. The van der Waals surface area contributed by atoms with Crippen molar-refractivity contribution in [1.82, 2.24) is 0 Å². The van der Waals surface area contributed by atoms with E-state index in [1.807, 2.05) is 13.0 Å². The van der Waals surface area contributed by atoms with Crippen molar-refractivity contribution in [2.75, 3.05) is 13.2 Å². The van der Waals surface area contributed by atoms with Crippen LogP contribution in [0, 0.1) is 5.92 Å². The van der Waals surface area contributed by atoms with Gasteiger partial charge >= 0.3 is 5.97 Å². The minimum absolute atomic E-state index is 0.168. The third-order valence-corrected chi connectivity index (χ3v) is 3.80. The zero-order chi connectivity index (χ0) is 13.8. The highest BCUT2D eigenvalue weighted by atomic mass is 79.9. The summed E-state index contributed by atoms with van der Waals surface area (Å²) >= 11 is 3.53. The third kappa shape index (κ3) is 9.40. The summed E-state index contributed by atoms with van der Waals surface area (Å²) in [6, 6.07) is 0. The maximum absolute atomic E-state index is 11.2. The second kappa shape index (κ2) is 11.5. The summed E-state index contributed by atoms with van der Waals surface area (Å²) in [5.74, 6) is 0.287. The van der Waals surface area contributed by atoms with Crippen molar-refractivity contribution in [3.8, 4) is 0 Å². The predicted octanol–water partition coefficient (Wildman–Crippen LogP) is 4.12. The van der Waals surface area contributed by atoms with Crippen molar-refractivity contribution in [2.24, 2.45) is 10.9 Å². The highest BCUT2D eigenvalue weighted by Crippen LogP contribution is 2.23. The van der Waals surface area contributed by atoms with Crippen molar-refractivity contribution in [2.45, 2.75) is 46.0 Å². The molecule has 4 heteroatoms. The topological polar surface area (TPSA) is 38.7 Å². The van der Waals surface area contributed by atoms with E-state index in [0.29, 0.717) is 18.9 Å². The first kappa shape index (κ1) is 17.4. The lowest BCUT2D eigenvalue weighted by atomic mass is 10.0. The van der Waals surface area contributed by atoms with Gasteiger partial charge in [-0.05, 0) is 36.9 Å². The Morgan fingerprint density at radius 2 is 2.17 bits per heavy atom. The fourth-order valence-corrected chi connectivity index (χ4v) is 1.98. The smallest absolute Gasteiger partial charge is 0.309 e. The predicted molar refractivity (Wildman–Crippen MR) is 80.3 cm³/mol. The molecule has 0 bridgehead atoms. The average molecular weight is 318 g/mol. The summed E-state index contributed by atoms with van der Waals surface area (Å²) in [4.78, 5) is 15.0. The molecular weight excluding hydrogens is 294 g/mol. The molecule has 104 valence electrons. The molecule has 0 aliphatic carbocycles. The Morgan fingerprint density at radius 1 is 1.44 bits per heavy atom. The summed E-state index contributed by atoms with van der Waals surface area (Å²) in [6.45, 7) is 8.75. The Kier molecular flexibility index (Phi) is 11.0. The van der Waals surface area contributed by atoms with Crippen LogP contribution in [-0.2, 0) is 9.53 Å². The Bertz CT molecular complexity index is 277. The molecule has 0 saturated carbocycles. The number of rotatable bonds is 10. The average Bonchev–Trinajstić information content (AvgIpc) is 2.35. The molecule has 0 aromatic heterocycles. The molecule has 0 aliphatic heterocycles. The first-order chi connectivity index (χ1) is 8.61. The van der Waals surface area contributed by atoms with Crippen molar-refractivity contribution in [3.05, 3.63) is 10.6 Å². The number of carbonyl (C=O) groups excluding carboxylic acids is 1. The molecular formula is C14H24BrNO2. The van der Waals surface area contributed by atoms with Crippen molar-refractivity contribution in [1.29, 1.82) is 0 Å². The molecule has 0 radical (unpaired) electrons. The van der Waals surface area contributed by atoms with E-state index >= 15 is 0 Å². The van der Waals surface area contributed by atoms with Crippen LogP contribution in [0.15, 0.2) is 15.6 Å². The molecule has 0 amide bonds. The maximum atomic E-state index is 11.2. The second-order valence-electron chi connectivity index (χ2n) is 4.30. The van der Waals surface area contributed by atoms with Gasteiger partial charge in [-0.1, -0.05) is 41.8 Å². The number of esters is 1. The van der Waals surface area contributed by atoms with Crippen LogP contribution in [0.25, 0.3) is 0 Å². The van der Waals surface area contributed by atoms with Crippen LogP contribution in [0.1, 0.15) is 46.0 Å². The van der Waals surface area contributed by atoms with Crippen LogP contribution in [-0.4, -0.2) is 25.8 Å². The maximum Gasteiger partial charge on any atom is 0.309 e. The Hall–Kier alpha value is -0.640. The lowest BCUT2D eigenvalue weighted by molar-refractivity contribution is -0.142. The molecule has 0 aromatic rings. The molecule has 0 heterocycles. The minimum atomic E-state index is -0.168. The molecule has 18 heavy (non-hydrogen) atoms. The number of hydrogen-bond donors (Lipinski definition) is 0. The Labute approximate surface area is 119 Å². The van der Waals surface area contributed by atoms with Gasteiger partial charge in [0.2, 0.25) is 0 Å². The third-order valence-electron chi connectivity index (χ3n) is 2.69. The molecule has 0 rings (SSSR count). The van der Waals surface area contributed by atoms with Gasteiger partial charge in [-0.2, -0.15) is 0 Å². The number of hydrogen-bond acceptors (Lipinski definition) is 3. The molecule has 0 aromatic carbocycles. The van der Waals surface area contributed by atoms with E-state index in [2.05, 4.69) is 34.6 Å². The fourth-order valence-electron chi connectivity index (χ4n) is 1.59. The molecule has 1 atom stereocenters. The van der Waals surface area contributed by atoms with Crippen LogP contribution < -0.4 is 0 Å². The molecule has 3 nitrogen and oxygen atoms in total. The van der Waals surface area contributed by atoms with E-state index in [1.54, 1.807) is 0 Å². The van der Waals surface area contributed by atoms with Gasteiger partial charge in [-0.3, -0.25) is 4.79 Å². The first-order valence-corrected chi connectivity index (χ1v) is 7.34. The minimum Gasteiger partial charge on any atom is -0.466 e. The van der Waals surface area contributed by atoms with Crippen LogP contribution in [0.5, 0.6) is 0 Å². The van der Waals surface area contributed by atoms with E-state index in [9.17, 15) is 4.79 Å². The number of nitrogens with zero attached hydrogens (tertiary/aromatic N) is 1. The van der Waals surface area contributed by atoms with E-state index in [4.69, 9.17) is 4.74 Å². The van der Waals surface area contributed by atoms with Crippen molar-refractivity contribution in [3.63, 3.8) is 0 Å². The second-order valence-corrected chi connectivity index (χ2v) is 5.21. The summed E-state index contributed by atoms with van der Waals surface area (Å²) in [5, 5.41) is 0. The van der Waals surface area contributed by atoms with Gasteiger partial charge in [0.1, 0.15) is 0 Å². The highest BCUT2D eigenvalue weighted by molar-refractivity contribution is 9.11. The van der Waals surface area contributed by atoms with Gasteiger partial charge in [0.25, 0.3) is 0 Å². The lowest BCUT2D eigenvalue weighted by Crippen LogP contribution is -2.03. The lowest BCUT2D eigenvalue weighted by Gasteiger charge is -2.10. The van der Waals surface area contributed by atoms with E-state index in [-0.39, 0.29) is 5.97 Å². The number of ether oxygens (including phenoxy) is 1. The molecule has 0 aliphatic rings. The van der Waals surface area contributed by atoms with Crippen LogP contribution in [0.2, 0.25) is 0 Å². The van der Waals surface area contributed by atoms with Gasteiger partial charge in [-0.25, -0.2) is 0 Å². The van der Waals surface area contributed by atoms with Crippen molar-refractivity contribution < 1.29 is 9.53 Å². The van der Waals surface area contributed by atoms with Gasteiger partial charge in [0.05, 0.1) is 13.0 Å². The summed E-state index contributed by atoms with van der Waals surface area (Å²) in [7, 11) is 0. The van der Waals surface area contributed by atoms with E-state index < -0.39 is 0 Å². The van der Waals surface area contributed by atoms with Gasteiger partial charge in [0.15, 0.2) is 0 Å². The highest BCUT2D eigenvalue weighted by Gasteiger charge is 2.07. The number of aliphatic imine (C=N–C) groups is 1. The number of carbonyl (C=O) groups is 1. The zero-order valence-electron chi connectivity index (χ0n) is 11.5. The van der Waals surface area contributed by atoms with Crippen LogP contribution >= 0.6 is 15.9 Å². The van der Waals surface area contributed by atoms with Crippen LogP contribution in [0.3, 0.4) is 0 Å². The molecule has 0 spiro atoms. The Morgan fingerprint density at radius 3 is 2.78 bits per heavy atom. The number of halogens is 1. The van der Waals surface area contributed by atoms with Gasteiger partial charge < -0.3 is 9.73 Å². The van der Waals surface area contributed by atoms with Crippen LogP contribution in [0.4, 0.5) is 0 Å². The normalized spacial score (nSPS) is 13.2. The quantitative estimate of drug-likeness (QED) is 0.345. The van der Waals surface area contributed by atoms with E-state index in [1.165, 1.54) is 12.8 Å².